The fourth-order valence-electron chi connectivity index (χ4n) is 2.75. The molecular weight excluding hydrogens is 314 g/mol. The van der Waals surface area contributed by atoms with Crippen LogP contribution in [-0.2, 0) is 0 Å². The highest BCUT2D eigenvalue weighted by molar-refractivity contribution is 6.31. The van der Waals surface area contributed by atoms with Crippen molar-refractivity contribution in [1.82, 2.24) is 19.5 Å². The van der Waals surface area contributed by atoms with Crippen LogP contribution in [0.3, 0.4) is 0 Å². The molecule has 4 rings (SSSR count). The van der Waals surface area contributed by atoms with Crippen molar-refractivity contribution in [3.63, 3.8) is 0 Å². The molecule has 2 aromatic carbocycles. The monoisotopic (exact) mass is 325 g/mol. The van der Waals surface area contributed by atoms with Gasteiger partial charge in [-0.05, 0) is 30.3 Å². The second kappa shape index (κ2) is 5.10. The number of nitrogens with one attached hydrogen (secondary N) is 2. The van der Waals surface area contributed by atoms with Crippen LogP contribution in [0.1, 0.15) is 0 Å². The third kappa shape index (κ3) is 2.07. The number of hydrogen-bond acceptors (Lipinski definition) is 4. The van der Waals surface area contributed by atoms with E-state index < -0.39 is 0 Å². The largest absolute Gasteiger partial charge is 0.372 e. The van der Waals surface area contributed by atoms with Crippen molar-refractivity contribution in [3.8, 4) is 5.69 Å². The molecule has 0 aliphatic carbocycles. The fourth-order valence-corrected chi connectivity index (χ4v) is 2.92. The van der Waals surface area contributed by atoms with E-state index in [9.17, 15) is 4.79 Å². The Morgan fingerprint density at radius 2 is 2.13 bits per heavy atom. The van der Waals surface area contributed by atoms with Crippen molar-refractivity contribution >= 4 is 39.4 Å². The summed E-state index contributed by atoms with van der Waals surface area (Å²) in [6.45, 7) is 0. The number of halogens is 1. The number of para-hydroxylation sites is 1. The molecule has 2 aromatic heterocycles. The highest BCUT2D eigenvalue weighted by atomic mass is 35.5. The minimum atomic E-state index is -0.389. The van der Waals surface area contributed by atoms with Crippen molar-refractivity contribution in [2.24, 2.45) is 0 Å². The van der Waals surface area contributed by atoms with Gasteiger partial charge in [0, 0.05) is 17.5 Å². The average molecular weight is 326 g/mol. The predicted octanol–water partition coefficient (Wildman–Crippen LogP) is 2.96. The van der Waals surface area contributed by atoms with Crippen molar-refractivity contribution in [2.45, 2.75) is 0 Å². The lowest BCUT2D eigenvalue weighted by molar-refractivity contribution is 0.966. The van der Waals surface area contributed by atoms with Crippen molar-refractivity contribution in [2.75, 3.05) is 12.4 Å². The first-order chi connectivity index (χ1) is 11.2. The molecular formula is C16H12ClN5O. The Labute approximate surface area is 135 Å². The van der Waals surface area contributed by atoms with Gasteiger partial charge in [0.2, 0.25) is 0 Å². The lowest BCUT2D eigenvalue weighted by atomic mass is 10.2. The van der Waals surface area contributed by atoms with Crippen LogP contribution in [0.15, 0.2) is 47.5 Å². The van der Waals surface area contributed by atoms with Crippen molar-refractivity contribution in [3.05, 3.63) is 58.2 Å². The number of benzene rings is 2. The summed E-state index contributed by atoms with van der Waals surface area (Å²) < 4.78 is 1.53. The zero-order valence-corrected chi connectivity index (χ0v) is 12.9. The smallest absolute Gasteiger partial charge is 0.354 e. The van der Waals surface area contributed by atoms with E-state index in [4.69, 9.17) is 11.6 Å². The SMILES string of the molecule is CNc1nc(=O)n(-c2cccc3[nH]cnc23)c2cc(Cl)ccc12. The van der Waals surface area contributed by atoms with E-state index >= 15 is 0 Å². The second-order valence-electron chi connectivity index (χ2n) is 5.07. The molecule has 0 fully saturated rings. The first kappa shape index (κ1) is 13.8. The highest BCUT2D eigenvalue weighted by Crippen LogP contribution is 2.27. The molecule has 6 nitrogen and oxygen atoms in total. The maximum absolute atomic E-state index is 12.6. The molecule has 114 valence electrons. The van der Waals surface area contributed by atoms with Gasteiger partial charge in [0.25, 0.3) is 0 Å². The number of imidazole rings is 1. The van der Waals surface area contributed by atoms with Gasteiger partial charge < -0.3 is 10.3 Å². The number of fused-ring (bicyclic) bond motifs is 2. The van der Waals surface area contributed by atoms with Gasteiger partial charge in [0.05, 0.1) is 23.0 Å². The van der Waals surface area contributed by atoms with E-state index in [2.05, 4.69) is 20.3 Å². The molecule has 0 amide bonds. The minimum absolute atomic E-state index is 0.389. The summed E-state index contributed by atoms with van der Waals surface area (Å²) in [5.74, 6) is 0.520. The number of anilines is 1. The van der Waals surface area contributed by atoms with Crippen LogP contribution in [-0.4, -0.2) is 26.6 Å². The zero-order valence-electron chi connectivity index (χ0n) is 12.2. The Balaban J connectivity index is 2.19. The maximum Gasteiger partial charge on any atom is 0.354 e. The number of H-pyrrole nitrogens is 1. The minimum Gasteiger partial charge on any atom is -0.372 e. The van der Waals surface area contributed by atoms with Gasteiger partial charge in [-0.25, -0.2) is 9.78 Å². The summed E-state index contributed by atoms with van der Waals surface area (Å²) in [6.07, 6.45) is 1.60. The third-order valence-electron chi connectivity index (χ3n) is 3.76. The number of rotatable bonds is 2. The van der Waals surface area contributed by atoms with E-state index in [1.807, 2.05) is 24.3 Å². The molecule has 0 atom stereocenters. The Morgan fingerprint density at radius 3 is 2.96 bits per heavy atom. The van der Waals surface area contributed by atoms with Gasteiger partial charge >= 0.3 is 5.69 Å². The Kier molecular flexibility index (Phi) is 3.06. The van der Waals surface area contributed by atoms with E-state index in [0.29, 0.717) is 27.6 Å². The van der Waals surface area contributed by atoms with E-state index in [-0.39, 0.29) is 5.69 Å². The standard InChI is InChI=1S/C16H12ClN5O/c1-18-15-10-6-5-9(17)7-13(10)22(16(23)21-15)12-4-2-3-11-14(12)20-8-19-11/h2-8H,1H3,(H,19,20)(H,18,21,23). The lowest BCUT2D eigenvalue weighted by Gasteiger charge is -2.13. The van der Waals surface area contributed by atoms with Crippen LogP contribution in [0.4, 0.5) is 5.82 Å². The van der Waals surface area contributed by atoms with Crippen LogP contribution < -0.4 is 11.0 Å². The van der Waals surface area contributed by atoms with Gasteiger partial charge in [-0.15, -0.1) is 0 Å². The third-order valence-corrected chi connectivity index (χ3v) is 4.00. The normalized spacial score (nSPS) is 11.2. The summed E-state index contributed by atoms with van der Waals surface area (Å²) in [7, 11) is 1.73. The molecule has 0 aliphatic rings. The van der Waals surface area contributed by atoms with Crippen molar-refractivity contribution in [1.29, 1.82) is 0 Å². The van der Waals surface area contributed by atoms with E-state index in [1.54, 1.807) is 25.5 Å². The Bertz CT molecular complexity index is 1100. The first-order valence-electron chi connectivity index (χ1n) is 7.01. The molecule has 0 saturated heterocycles. The molecule has 0 saturated carbocycles. The molecule has 0 bridgehead atoms. The number of nitrogens with zero attached hydrogens (tertiary/aromatic N) is 3. The van der Waals surface area contributed by atoms with Gasteiger partial charge in [0.15, 0.2) is 0 Å². The zero-order chi connectivity index (χ0) is 16.0. The molecule has 23 heavy (non-hydrogen) atoms. The average Bonchev–Trinajstić information content (AvgIpc) is 3.03. The maximum atomic E-state index is 12.6. The van der Waals surface area contributed by atoms with E-state index in [1.165, 1.54) is 4.57 Å². The van der Waals surface area contributed by atoms with E-state index in [0.717, 1.165) is 10.9 Å². The Hall–Kier alpha value is -2.86. The molecule has 0 spiro atoms. The van der Waals surface area contributed by atoms with Crippen LogP contribution in [0.2, 0.25) is 5.02 Å². The number of aromatic nitrogens is 4. The molecule has 2 heterocycles. The molecule has 0 radical (unpaired) electrons. The van der Waals surface area contributed by atoms with Crippen LogP contribution in [0.25, 0.3) is 27.6 Å². The number of hydrogen-bond donors (Lipinski definition) is 2. The lowest BCUT2D eigenvalue weighted by Crippen LogP contribution is -2.23. The summed E-state index contributed by atoms with van der Waals surface area (Å²) >= 11 is 6.15. The molecule has 4 aromatic rings. The number of aromatic amines is 1. The molecule has 0 aliphatic heterocycles. The van der Waals surface area contributed by atoms with Crippen LogP contribution in [0.5, 0.6) is 0 Å². The van der Waals surface area contributed by atoms with Gasteiger partial charge in [-0.1, -0.05) is 17.7 Å². The fraction of sp³-hybridized carbons (Fsp3) is 0.0625. The summed E-state index contributed by atoms with van der Waals surface area (Å²) in [5.41, 5.74) is 2.50. The van der Waals surface area contributed by atoms with Gasteiger partial charge in [0.1, 0.15) is 11.3 Å². The second-order valence-corrected chi connectivity index (χ2v) is 5.50. The summed E-state index contributed by atoms with van der Waals surface area (Å²) in [4.78, 5) is 24.1. The first-order valence-corrected chi connectivity index (χ1v) is 7.39. The molecule has 7 heteroatoms. The predicted molar refractivity (Wildman–Crippen MR) is 91.5 cm³/mol. The topological polar surface area (TPSA) is 75.6 Å². The quantitative estimate of drug-likeness (QED) is 0.594. The van der Waals surface area contributed by atoms with Crippen molar-refractivity contribution < 1.29 is 0 Å². The Morgan fingerprint density at radius 1 is 1.26 bits per heavy atom. The molecule has 2 N–H and O–H groups in total. The van der Waals surface area contributed by atoms with Gasteiger partial charge in [-0.3, -0.25) is 4.57 Å². The highest BCUT2D eigenvalue weighted by Gasteiger charge is 2.14. The van der Waals surface area contributed by atoms with Crippen LogP contribution >= 0.6 is 11.6 Å². The molecule has 0 unspecified atom stereocenters. The van der Waals surface area contributed by atoms with Crippen LogP contribution in [0, 0.1) is 0 Å². The summed E-state index contributed by atoms with van der Waals surface area (Å²) in [5, 5.41) is 4.31. The summed E-state index contributed by atoms with van der Waals surface area (Å²) in [6, 6.07) is 11.0. The van der Waals surface area contributed by atoms with Gasteiger partial charge in [-0.2, -0.15) is 4.98 Å².